The Balaban J connectivity index is 1.73. The van der Waals surface area contributed by atoms with Gasteiger partial charge in [0.05, 0.1) is 0 Å². The fourth-order valence-corrected chi connectivity index (χ4v) is 2.50. The molecule has 3 aromatic rings. The van der Waals surface area contributed by atoms with Crippen LogP contribution in [0.1, 0.15) is 11.1 Å². The van der Waals surface area contributed by atoms with Gasteiger partial charge in [0.25, 0.3) is 0 Å². The fourth-order valence-electron chi connectivity index (χ4n) is 2.50. The highest BCUT2D eigenvalue weighted by Crippen LogP contribution is 2.27. The van der Waals surface area contributed by atoms with Crippen molar-refractivity contribution >= 4 is 0 Å². The highest BCUT2D eigenvalue weighted by molar-refractivity contribution is 5.39. The van der Waals surface area contributed by atoms with Crippen LogP contribution in [0.2, 0.25) is 0 Å². The van der Waals surface area contributed by atoms with Crippen molar-refractivity contribution in [3.05, 3.63) is 97.1 Å². The van der Waals surface area contributed by atoms with Gasteiger partial charge in [-0.25, -0.2) is 0 Å². The van der Waals surface area contributed by atoms with Crippen LogP contribution >= 0.6 is 0 Å². The van der Waals surface area contributed by atoms with Crippen LogP contribution in [0.5, 0.6) is 23.3 Å². The lowest BCUT2D eigenvalue weighted by Crippen LogP contribution is -1.97. The Kier molecular flexibility index (Phi) is 5.78. The smallest absolute Gasteiger partial charge is 0.239 e. The van der Waals surface area contributed by atoms with Gasteiger partial charge < -0.3 is 9.47 Å². The van der Waals surface area contributed by atoms with Gasteiger partial charge in [-0.2, -0.15) is 0 Å². The molecule has 0 N–H and O–H groups in total. The van der Waals surface area contributed by atoms with Crippen LogP contribution in [0, 0.1) is 0 Å². The normalized spacial score (nSPS) is 10.2. The van der Waals surface area contributed by atoms with E-state index < -0.39 is 0 Å². The second-order valence-electron chi connectivity index (χ2n) is 5.61. The Morgan fingerprint density at radius 1 is 0.654 bits per heavy atom. The number of hydrogen-bond donors (Lipinski definition) is 0. The molecule has 0 atom stereocenters. The molecule has 26 heavy (non-hydrogen) atoms. The molecule has 1 heterocycles. The molecule has 0 fully saturated rings. The highest BCUT2D eigenvalue weighted by atomic mass is 16.5. The summed E-state index contributed by atoms with van der Waals surface area (Å²) in [6.07, 6.45) is 5.13. The summed E-state index contributed by atoms with van der Waals surface area (Å²) in [6, 6.07) is 19.0. The molecule has 4 nitrogen and oxygen atoms in total. The highest BCUT2D eigenvalue weighted by Gasteiger charge is 2.07. The maximum atomic E-state index is 5.84. The quantitative estimate of drug-likeness (QED) is 0.505. The molecule has 0 aliphatic heterocycles. The van der Waals surface area contributed by atoms with Gasteiger partial charge >= 0.3 is 0 Å². The molecule has 0 saturated heterocycles. The first-order valence-corrected chi connectivity index (χ1v) is 8.37. The number of aromatic nitrogens is 2. The number of benzene rings is 2. The van der Waals surface area contributed by atoms with Crippen molar-refractivity contribution in [2.24, 2.45) is 0 Å². The molecule has 0 aliphatic carbocycles. The zero-order valence-corrected chi connectivity index (χ0v) is 14.5. The van der Waals surface area contributed by atoms with E-state index in [1.165, 1.54) is 0 Å². The van der Waals surface area contributed by atoms with Gasteiger partial charge in [-0.15, -0.1) is 23.4 Å². The predicted octanol–water partition coefficient (Wildman–Crippen LogP) is 5.52. The minimum Gasteiger partial charge on any atom is -0.437 e. The Labute approximate surface area is 153 Å². The molecule has 0 saturated carbocycles. The third-order valence-electron chi connectivity index (χ3n) is 3.72. The van der Waals surface area contributed by atoms with E-state index in [-0.39, 0.29) is 0 Å². The summed E-state index contributed by atoms with van der Waals surface area (Å²) in [4.78, 5) is 0. The van der Waals surface area contributed by atoms with Crippen LogP contribution in [0.3, 0.4) is 0 Å². The molecule has 130 valence electrons. The van der Waals surface area contributed by atoms with Crippen molar-refractivity contribution in [1.29, 1.82) is 0 Å². The van der Waals surface area contributed by atoms with Gasteiger partial charge in [0.15, 0.2) is 0 Å². The van der Waals surface area contributed by atoms with Crippen LogP contribution in [0.25, 0.3) is 0 Å². The van der Waals surface area contributed by atoms with Crippen molar-refractivity contribution in [3.8, 4) is 23.3 Å². The maximum absolute atomic E-state index is 5.84. The van der Waals surface area contributed by atoms with Crippen LogP contribution in [-0.4, -0.2) is 10.2 Å². The Hall–Kier alpha value is -3.40. The van der Waals surface area contributed by atoms with Crippen LogP contribution in [0.15, 0.2) is 86.0 Å². The first-order valence-electron chi connectivity index (χ1n) is 8.37. The third-order valence-corrected chi connectivity index (χ3v) is 3.72. The van der Waals surface area contributed by atoms with E-state index in [9.17, 15) is 0 Å². The molecule has 0 amide bonds. The third kappa shape index (κ3) is 4.36. The molecular weight excluding hydrogens is 324 g/mol. The molecular formula is C22H20N2O2. The van der Waals surface area contributed by atoms with Crippen molar-refractivity contribution in [2.45, 2.75) is 12.8 Å². The van der Waals surface area contributed by atoms with E-state index in [1.54, 1.807) is 12.1 Å². The number of ether oxygens (including phenoxy) is 2. The summed E-state index contributed by atoms with van der Waals surface area (Å²) in [5.74, 6) is 2.31. The first kappa shape index (κ1) is 17.4. The van der Waals surface area contributed by atoms with E-state index in [4.69, 9.17) is 9.47 Å². The molecule has 0 bridgehead atoms. The van der Waals surface area contributed by atoms with Gasteiger partial charge in [0.2, 0.25) is 11.8 Å². The number of rotatable bonds is 8. The summed E-state index contributed by atoms with van der Waals surface area (Å²) in [5.41, 5.74) is 2.09. The molecule has 0 unspecified atom stereocenters. The SMILES string of the molecule is C=CCc1ccccc1Oc1ccc(Oc2ccccc2CC=C)nn1. The second-order valence-corrected chi connectivity index (χ2v) is 5.61. The largest absolute Gasteiger partial charge is 0.437 e. The van der Waals surface area contributed by atoms with Gasteiger partial charge in [-0.3, -0.25) is 0 Å². The molecule has 0 aliphatic rings. The summed E-state index contributed by atoms with van der Waals surface area (Å²) < 4.78 is 11.7. The lowest BCUT2D eigenvalue weighted by atomic mass is 10.1. The molecule has 2 aromatic carbocycles. The zero-order chi connectivity index (χ0) is 18.2. The molecule has 0 radical (unpaired) electrons. The fraction of sp³-hybridized carbons (Fsp3) is 0.0909. The number of nitrogens with zero attached hydrogens (tertiary/aromatic N) is 2. The maximum Gasteiger partial charge on any atom is 0.239 e. The Bertz CT molecular complexity index is 814. The summed E-state index contributed by atoms with van der Waals surface area (Å²) in [7, 11) is 0. The predicted molar refractivity (Wildman–Crippen MR) is 103 cm³/mol. The minimum atomic E-state index is 0.410. The van der Waals surface area contributed by atoms with E-state index in [2.05, 4.69) is 23.4 Å². The summed E-state index contributed by atoms with van der Waals surface area (Å²) in [6.45, 7) is 7.54. The summed E-state index contributed by atoms with van der Waals surface area (Å²) >= 11 is 0. The number of allylic oxidation sites excluding steroid dienone is 2. The topological polar surface area (TPSA) is 44.2 Å². The lowest BCUT2D eigenvalue weighted by Gasteiger charge is -2.10. The van der Waals surface area contributed by atoms with Gasteiger partial charge in [0.1, 0.15) is 11.5 Å². The molecule has 1 aromatic heterocycles. The van der Waals surface area contributed by atoms with Crippen molar-refractivity contribution < 1.29 is 9.47 Å². The number of hydrogen-bond acceptors (Lipinski definition) is 4. The van der Waals surface area contributed by atoms with Crippen molar-refractivity contribution in [1.82, 2.24) is 10.2 Å². The Morgan fingerprint density at radius 2 is 1.08 bits per heavy atom. The van der Waals surface area contributed by atoms with Crippen molar-refractivity contribution in [3.63, 3.8) is 0 Å². The first-order chi connectivity index (χ1) is 12.8. The van der Waals surface area contributed by atoms with Crippen LogP contribution < -0.4 is 9.47 Å². The average Bonchev–Trinajstić information content (AvgIpc) is 2.67. The second kappa shape index (κ2) is 8.62. The van der Waals surface area contributed by atoms with E-state index >= 15 is 0 Å². The standard InChI is InChI=1S/C22H20N2O2/c1-3-9-17-11-5-7-13-19(17)25-21-15-16-22(24-23-21)26-20-14-8-6-12-18(20)10-4-2/h3-8,11-16H,1-2,9-10H2. The Morgan fingerprint density at radius 3 is 1.46 bits per heavy atom. The molecule has 3 rings (SSSR count). The van der Waals surface area contributed by atoms with Crippen LogP contribution in [0.4, 0.5) is 0 Å². The van der Waals surface area contributed by atoms with Crippen LogP contribution in [-0.2, 0) is 12.8 Å². The van der Waals surface area contributed by atoms with Gasteiger partial charge in [-0.1, -0.05) is 48.6 Å². The van der Waals surface area contributed by atoms with E-state index in [0.29, 0.717) is 11.8 Å². The molecule has 4 heteroatoms. The monoisotopic (exact) mass is 344 g/mol. The van der Waals surface area contributed by atoms with E-state index in [1.807, 2.05) is 60.7 Å². The van der Waals surface area contributed by atoms with Gasteiger partial charge in [0, 0.05) is 12.1 Å². The molecule has 0 spiro atoms. The lowest BCUT2D eigenvalue weighted by molar-refractivity contribution is 0.423. The van der Waals surface area contributed by atoms with Gasteiger partial charge in [-0.05, 0) is 36.1 Å². The minimum absolute atomic E-state index is 0.410. The average molecular weight is 344 g/mol. The van der Waals surface area contributed by atoms with Crippen molar-refractivity contribution in [2.75, 3.05) is 0 Å². The van der Waals surface area contributed by atoms with E-state index in [0.717, 1.165) is 35.5 Å². The zero-order valence-electron chi connectivity index (χ0n) is 14.5. The summed E-state index contributed by atoms with van der Waals surface area (Å²) in [5, 5.41) is 8.21. The number of para-hydroxylation sites is 2.